The van der Waals surface area contributed by atoms with E-state index in [4.69, 9.17) is 28.0 Å². The Kier molecular flexibility index (Phi) is 5.00. The quantitative estimate of drug-likeness (QED) is 0.560. The van der Waals surface area contributed by atoms with Gasteiger partial charge in [-0.2, -0.15) is 0 Å². The van der Waals surface area contributed by atoms with Crippen LogP contribution in [0.3, 0.4) is 0 Å². The van der Waals surface area contributed by atoms with E-state index in [-0.39, 0.29) is 0 Å². The molecule has 1 aromatic rings. The number of hydrogen-bond acceptors (Lipinski definition) is 3. The average molecular weight is 353 g/mol. The van der Waals surface area contributed by atoms with Crippen molar-refractivity contribution < 1.29 is 4.84 Å². The molecule has 0 aliphatic carbocycles. The van der Waals surface area contributed by atoms with Crippen molar-refractivity contribution in [2.24, 2.45) is 5.16 Å². The van der Waals surface area contributed by atoms with Gasteiger partial charge in [0.15, 0.2) is 0 Å². The number of rotatable bonds is 4. The Balaban J connectivity index is 2.16. The lowest BCUT2D eigenvalue weighted by molar-refractivity contribution is 0.211. The Morgan fingerprint density at radius 1 is 1.30 bits per heavy atom. The molecule has 0 aromatic heterocycles. The highest BCUT2D eigenvalue weighted by atomic mass is 35.5. The Morgan fingerprint density at radius 3 is 2.74 bits per heavy atom. The maximum Gasteiger partial charge on any atom is 0.106 e. The van der Waals surface area contributed by atoms with Crippen LogP contribution >= 0.6 is 23.2 Å². The summed E-state index contributed by atoms with van der Waals surface area (Å²) in [5.41, 5.74) is 4.83. The van der Waals surface area contributed by atoms with Crippen LogP contribution in [0.4, 0.5) is 0 Å². The van der Waals surface area contributed by atoms with Crippen molar-refractivity contribution in [3.63, 3.8) is 0 Å². The van der Waals surface area contributed by atoms with Gasteiger partial charge in [-0.25, -0.2) is 0 Å². The van der Waals surface area contributed by atoms with Crippen LogP contribution in [0, 0.1) is 0 Å². The second-order valence-electron chi connectivity index (χ2n) is 6.21. The molecule has 2 bridgehead atoms. The van der Waals surface area contributed by atoms with Crippen molar-refractivity contribution in [2.45, 2.75) is 44.7 Å². The minimum Gasteiger partial charge on any atom is -0.399 e. The van der Waals surface area contributed by atoms with Crippen LogP contribution in [0.5, 0.6) is 0 Å². The number of halogens is 2. The first-order valence-corrected chi connectivity index (χ1v) is 8.83. The zero-order valence-corrected chi connectivity index (χ0v) is 15.3. The Morgan fingerprint density at radius 2 is 2.09 bits per heavy atom. The third kappa shape index (κ3) is 3.02. The lowest BCUT2D eigenvalue weighted by Crippen LogP contribution is -2.40. The third-order valence-electron chi connectivity index (χ3n) is 5.05. The van der Waals surface area contributed by atoms with Crippen LogP contribution < -0.4 is 0 Å². The van der Waals surface area contributed by atoms with Gasteiger partial charge < -0.3 is 4.84 Å². The molecule has 1 unspecified atom stereocenters. The molecule has 2 aliphatic heterocycles. The minimum absolute atomic E-state index is 0.409. The van der Waals surface area contributed by atoms with Crippen molar-refractivity contribution in [1.29, 1.82) is 0 Å². The number of oxime groups is 1. The summed E-state index contributed by atoms with van der Waals surface area (Å²) in [6.45, 7) is 2.12. The molecular formula is C18H22Cl2N2O. The van der Waals surface area contributed by atoms with E-state index in [9.17, 15) is 0 Å². The molecule has 5 heteroatoms. The van der Waals surface area contributed by atoms with Crippen LogP contribution in [0.1, 0.15) is 38.2 Å². The summed E-state index contributed by atoms with van der Waals surface area (Å²) in [4.78, 5) is 7.59. The van der Waals surface area contributed by atoms with E-state index >= 15 is 0 Å². The molecule has 2 heterocycles. The predicted molar refractivity (Wildman–Crippen MR) is 97.3 cm³/mol. The van der Waals surface area contributed by atoms with E-state index in [0.29, 0.717) is 22.1 Å². The molecule has 3 rings (SSSR count). The lowest BCUT2D eigenvalue weighted by atomic mass is 9.85. The van der Waals surface area contributed by atoms with E-state index in [1.54, 1.807) is 7.11 Å². The Bertz CT molecular complexity index is 669. The fourth-order valence-electron chi connectivity index (χ4n) is 3.89. The van der Waals surface area contributed by atoms with Gasteiger partial charge in [0.25, 0.3) is 0 Å². The summed E-state index contributed by atoms with van der Waals surface area (Å²) < 4.78 is 0. The average Bonchev–Trinajstić information content (AvgIpc) is 2.78. The molecule has 0 radical (unpaired) electrons. The molecular weight excluding hydrogens is 331 g/mol. The van der Waals surface area contributed by atoms with E-state index in [0.717, 1.165) is 24.1 Å². The first kappa shape index (κ1) is 16.8. The third-order valence-corrected chi connectivity index (χ3v) is 5.79. The van der Waals surface area contributed by atoms with Gasteiger partial charge in [-0.3, -0.25) is 4.90 Å². The molecule has 23 heavy (non-hydrogen) atoms. The van der Waals surface area contributed by atoms with Crippen LogP contribution in [0.2, 0.25) is 10.0 Å². The molecule has 0 saturated carbocycles. The summed E-state index contributed by atoms with van der Waals surface area (Å²) in [7, 11) is 3.83. The molecule has 0 N–H and O–H groups in total. The highest BCUT2D eigenvalue weighted by Crippen LogP contribution is 2.43. The van der Waals surface area contributed by atoms with Crippen molar-refractivity contribution in [1.82, 2.24) is 4.90 Å². The van der Waals surface area contributed by atoms with Crippen molar-refractivity contribution in [3.05, 3.63) is 39.4 Å². The van der Waals surface area contributed by atoms with Gasteiger partial charge in [0.05, 0.1) is 15.8 Å². The summed E-state index contributed by atoms with van der Waals surface area (Å²) in [6, 6.07) is 6.92. The standard InChI is InChI=1S/C18H22Cl2N2O/c1-4-16(21-23-3)18-13(10-12-6-8-17(18)22(12)2)11-5-7-14(19)15(20)9-11/h5,7,9,12,17H,4,6,8,10H2,1-3H3/t12?,17-/m1/s1. The number of likely N-dealkylation sites (N-methyl/N-ethyl adjacent to an activating group) is 1. The van der Waals surface area contributed by atoms with E-state index in [1.165, 1.54) is 24.0 Å². The summed E-state index contributed by atoms with van der Waals surface area (Å²) in [5.74, 6) is 0. The summed E-state index contributed by atoms with van der Waals surface area (Å²) in [5, 5.41) is 5.50. The first-order valence-electron chi connectivity index (χ1n) is 8.07. The number of hydrogen-bond donors (Lipinski definition) is 0. The molecule has 0 spiro atoms. The highest BCUT2D eigenvalue weighted by molar-refractivity contribution is 6.42. The first-order chi connectivity index (χ1) is 11.1. The predicted octanol–water partition coefficient (Wildman–Crippen LogP) is 5.03. The Hall–Kier alpha value is -1.03. The van der Waals surface area contributed by atoms with Gasteiger partial charge in [-0.15, -0.1) is 0 Å². The van der Waals surface area contributed by atoms with Crippen molar-refractivity contribution in [2.75, 3.05) is 14.2 Å². The molecule has 2 aliphatic rings. The van der Waals surface area contributed by atoms with Crippen LogP contribution in [-0.4, -0.2) is 36.9 Å². The van der Waals surface area contributed by atoms with Gasteiger partial charge in [0, 0.05) is 12.1 Å². The van der Waals surface area contributed by atoms with E-state index < -0.39 is 0 Å². The monoisotopic (exact) mass is 352 g/mol. The lowest BCUT2D eigenvalue weighted by Gasteiger charge is -2.35. The van der Waals surface area contributed by atoms with Crippen molar-refractivity contribution >= 4 is 34.5 Å². The summed E-state index contributed by atoms with van der Waals surface area (Å²) >= 11 is 12.3. The van der Waals surface area contributed by atoms with Gasteiger partial charge in [0.1, 0.15) is 7.11 Å². The van der Waals surface area contributed by atoms with Crippen molar-refractivity contribution in [3.8, 4) is 0 Å². The minimum atomic E-state index is 0.409. The topological polar surface area (TPSA) is 24.8 Å². The van der Waals surface area contributed by atoms with Gasteiger partial charge >= 0.3 is 0 Å². The maximum atomic E-state index is 6.25. The number of nitrogens with zero attached hydrogens (tertiary/aromatic N) is 2. The summed E-state index contributed by atoms with van der Waals surface area (Å²) in [6.07, 6.45) is 4.26. The highest BCUT2D eigenvalue weighted by Gasteiger charge is 2.40. The Labute approximate surface area is 147 Å². The van der Waals surface area contributed by atoms with Gasteiger partial charge in [-0.1, -0.05) is 41.3 Å². The normalized spacial score (nSPS) is 25.2. The second kappa shape index (κ2) is 6.84. The molecule has 3 nitrogen and oxygen atoms in total. The fourth-order valence-corrected chi connectivity index (χ4v) is 4.19. The number of fused-ring (bicyclic) bond motifs is 2. The molecule has 1 saturated heterocycles. The van der Waals surface area contributed by atoms with Gasteiger partial charge in [-0.05, 0) is 61.6 Å². The smallest absolute Gasteiger partial charge is 0.106 e. The molecule has 2 atom stereocenters. The maximum absolute atomic E-state index is 6.25. The molecule has 1 aromatic carbocycles. The fraction of sp³-hybridized carbons (Fsp3) is 0.500. The second-order valence-corrected chi connectivity index (χ2v) is 7.03. The van der Waals surface area contributed by atoms with E-state index in [2.05, 4.69) is 30.1 Å². The molecule has 1 fully saturated rings. The zero-order chi connectivity index (χ0) is 16.6. The number of benzene rings is 1. The van der Waals surface area contributed by atoms with Crippen LogP contribution in [0.25, 0.3) is 5.57 Å². The van der Waals surface area contributed by atoms with Crippen LogP contribution in [0.15, 0.2) is 28.9 Å². The van der Waals surface area contributed by atoms with Gasteiger partial charge in [0.2, 0.25) is 0 Å². The van der Waals surface area contributed by atoms with E-state index in [1.807, 2.05) is 12.1 Å². The largest absolute Gasteiger partial charge is 0.399 e. The molecule has 124 valence electrons. The SMILES string of the molecule is CCC(=NOC)C1=C(c2ccc(Cl)c(Cl)c2)CC2CC[C@H]1N2C. The zero-order valence-electron chi connectivity index (χ0n) is 13.8. The molecule has 0 amide bonds. The van der Waals surface area contributed by atoms with Crippen LogP contribution in [-0.2, 0) is 4.84 Å².